The second-order valence-corrected chi connectivity index (χ2v) is 5.95. The standard InChI is InChI=1S/C15H22ClN3O2/c1-19(9-11-4-6-21-7-5-11)10-13-3-2-12(8-14(13)16)15(17)18-20/h2-3,8,11,20H,4-7,9-10H2,1H3,(H2,17,18). The van der Waals surface area contributed by atoms with Gasteiger partial charge >= 0.3 is 0 Å². The van der Waals surface area contributed by atoms with E-state index in [4.69, 9.17) is 27.3 Å². The second-order valence-electron chi connectivity index (χ2n) is 5.54. The van der Waals surface area contributed by atoms with Crippen molar-refractivity contribution in [2.45, 2.75) is 19.4 Å². The first-order valence-corrected chi connectivity index (χ1v) is 7.50. The highest BCUT2D eigenvalue weighted by Crippen LogP contribution is 2.21. The molecule has 6 heteroatoms. The van der Waals surface area contributed by atoms with Crippen LogP contribution in [-0.2, 0) is 11.3 Å². The molecule has 2 rings (SSSR count). The Morgan fingerprint density at radius 3 is 2.81 bits per heavy atom. The Hall–Kier alpha value is -1.30. The summed E-state index contributed by atoms with van der Waals surface area (Å²) >= 11 is 6.28. The highest BCUT2D eigenvalue weighted by Gasteiger charge is 2.16. The predicted octanol–water partition coefficient (Wildman–Crippen LogP) is 2.29. The fourth-order valence-electron chi connectivity index (χ4n) is 2.62. The molecule has 0 aliphatic carbocycles. The molecular formula is C15H22ClN3O2. The second kappa shape index (κ2) is 7.64. The minimum absolute atomic E-state index is 0.0685. The summed E-state index contributed by atoms with van der Waals surface area (Å²) in [4.78, 5) is 2.28. The number of nitrogens with two attached hydrogens (primary N) is 1. The maximum Gasteiger partial charge on any atom is 0.170 e. The maximum atomic E-state index is 8.68. The number of nitrogens with zero attached hydrogens (tertiary/aromatic N) is 2. The van der Waals surface area contributed by atoms with Crippen molar-refractivity contribution in [3.63, 3.8) is 0 Å². The van der Waals surface area contributed by atoms with Crippen LogP contribution in [0.2, 0.25) is 5.02 Å². The smallest absolute Gasteiger partial charge is 0.170 e. The van der Waals surface area contributed by atoms with Crippen LogP contribution in [0.3, 0.4) is 0 Å². The number of rotatable bonds is 5. The number of oxime groups is 1. The minimum atomic E-state index is 0.0685. The van der Waals surface area contributed by atoms with E-state index in [1.54, 1.807) is 6.07 Å². The summed E-state index contributed by atoms with van der Waals surface area (Å²) in [6, 6.07) is 5.48. The lowest BCUT2D eigenvalue weighted by molar-refractivity contribution is 0.0549. The van der Waals surface area contributed by atoms with Gasteiger partial charge in [0.25, 0.3) is 0 Å². The Morgan fingerprint density at radius 1 is 1.48 bits per heavy atom. The molecule has 0 spiro atoms. The van der Waals surface area contributed by atoms with E-state index >= 15 is 0 Å². The molecule has 0 atom stereocenters. The zero-order chi connectivity index (χ0) is 15.2. The average molecular weight is 312 g/mol. The highest BCUT2D eigenvalue weighted by molar-refractivity contribution is 6.31. The number of benzene rings is 1. The molecule has 0 amide bonds. The largest absolute Gasteiger partial charge is 0.409 e. The third kappa shape index (κ3) is 4.59. The van der Waals surface area contributed by atoms with Gasteiger partial charge < -0.3 is 20.6 Å². The van der Waals surface area contributed by atoms with Crippen molar-refractivity contribution in [2.24, 2.45) is 16.8 Å². The van der Waals surface area contributed by atoms with E-state index in [1.807, 2.05) is 12.1 Å². The number of hydrogen-bond donors (Lipinski definition) is 2. The van der Waals surface area contributed by atoms with Gasteiger partial charge in [-0.2, -0.15) is 0 Å². The lowest BCUT2D eigenvalue weighted by Crippen LogP contribution is -2.29. The van der Waals surface area contributed by atoms with Gasteiger partial charge in [-0.15, -0.1) is 0 Å². The van der Waals surface area contributed by atoms with Crippen molar-refractivity contribution in [3.8, 4) is 0 Å². The predicted molar refractivity (Wildman–Crippen MR) is 83.8 cm³/mol. The normalized spacial score (nSPS) is 17.4. The Bertz CT molecular complexity index is 502. The third-order valence-corrected chi connectivity index (χ3v) is 4.16. The lowest BCUT2D eigenvalue weighted by Gasteiger charge is -2.27. The van der Waals surface area contributed by atoms with Crippen LogP contribution >= 0.6 is 11.6 Å². The van der Waals surface area contributed by atoms with Crippen molar-refractivity contribution in [1.29, 1.82) is 0 Å². The van der Waals surface area contributed by atoms with Gasteiger partial charge in [-0.1, -0.05) is 28.9 Å². The van der Waals surface area contributed by atoms with Crippen LogP contribution in [-0.4, -0.2) is 42.7 Å². The molecule has 0 bridgehead atoms. The van der Waals surface area contributed by atoms with Gasteiger partial charge in [-0.05, 0) is 37.4 Å². The zero-order valence-electron chi connectivity index (χ0n) is 12.3. The quantitative estimate of drug-likeness (QED) is 0.379. The molecule has 5 nitrogen and oxygen atoms in total. The molecule has 1 aromatic carbocycles. The zero-order valence-corrected chi connectivity index (χ0v) is 13.0. The van der Waals surface area contributed by atoms with Crippen LogP contribution in [0.5, 0.6) is 0 Å². The Labute approximate surface area is 130 Å². The molecule has 21 heavy (non-hydrogen) atoms. The average Bonchev–Trinajstić information content (AvgIpc) is 2.49. The SMILES string of the molecule is CN(Cc1ccc(/C(N)=N/O)cc1Cl)CC1CCOCC1. The third-order valence-electron chi connectivity index (χ3n) is 3.81. The molecule has 0 radical (unpaired) electrons. The van der Waals surface area contributed by atoms with Crippen LogP contribution in [0.15, 0.2) is 23.4 Å². The van der Waals surface area contributed by atoms with E-state index < -0.39 is 0 Å². The molecular weight excluding hydrogens is 290 g/mol. The van der Waals surface area contributed by atoms with Gasteiger partial charge in [0.2, 0.25) is 0 Å². The van der Waals surface area contributed by atoms with Crippen LogP contribution in [0.1, 0.15) is 24.0 Å². The first kappa shape index (κ1) is 16.1. The molecule has 1 fully saturated rings. The van der Waals surface area contributed by atoms with E-state index in [9.17, 15) is 0 Å². The number of ether oxygens (including phenoxy) is 1. The Morgan fingerprint density at radius 2 is 2.19 bits per heavy atom. The molecule has 116 valence electrons. The summed E-state index contributed by atoms with van der Waals surface area (Å²) in [6.45, 7) is 3.57. The fourth-order valence-corrected chi connectivity index (χ4v) is 2.86. The first-order chi connectivity index (χ1) is 10.1. The summed E-state index contributed by atoms with van der Waals surface area (Å²) in [7, 11) is 2.10. The summed E-state index contributed by atoms with van der Waals surface area (Å²) in [5.74, 6) is 0.762. The summed E-state index contributed by atoms with van der Waals surface area (Å²) in [5, 5.41) is 12.3. The van der Waals surface area contributed by atoms with Gasteiger partial charge in [-0.25, -0.2) is 0 Å². The van der Waals surface area contributed by atoms with Crippen molar-refractivity contribution >= 4 is 17.4 Å². The van der Waals surface area contributed by atoms with Gasteiger partial charge in [-0.3, -0.25) is 0 Å². The van der Waals surface area contributed by atoms with Gasteiger partial charge in [0.15, 0.2) is 5.84 Å². The van der Waals surface area contributed by atoms with E-state index in [-0.39, 0.29) is 5.84 Å². The molecule has 1 saturated heterocycles. The number of amidine groups is 1. The summed E-state index contributed by atoms with van der Waals surface area (Å²) < 4.78 is 5.38. The van der Waals surface area contributed by atoms with Crippen LogP contribution in [0.4, 0.5) is 0 Å². The molecule has 1 heterocycles. The molecule has 1 aliphatic heterocycles. The molecule has 1 aliphatic rings. The molecule has 0 saturated carbocycles. The summed E-state index contributed by atoms with van der Waals surface area (Å²) in [5.41, 5.74) is 7.22. The molecule has 0 aromatic heterocycles. The number of hydrogen-bond acceptors (Lipinski definition) is 4. The van der Waals surface area contributed by atoms with Crippen molar-refractivity contribution in [1.82, 2.24) is 4.90 Å². The molecule has 1 aromatic rings. The van der Waals surface area contributed by atoms with Crippen molar-refractivity contribution < 1.29 is 9.94 Å². The minimum Gasteiger partial charge on any atom is -0.409 e. The molecule has 0 unspecified atom stereocenters. The summed E-state index contributed by atoms with van der Waals surface area (Å²) in [6.07, 6.45) is 2.25. The monoisotopic (exact) mass is 311 g/mol. The van der Waals surface area contributed by atoms with E-state index in [1.165, 1.54) is 0 Å². The lowest BCUT2D eigenvalue weighted by atomic mass is 9.99. The molecule has 3 N–H and O–H groups in total. The van der Waals surface area contributed by atoms with Crippen molar-refractivity contribution in [3.05, 3.63) is 34.3 Å². The van der Waals surface area contributed by atoms with Crippen LogP contribution < -0.4 is 5.73 Å². The Balaban J connectivity index is 1.95. The van der Waals surface area contributed by atoms with E-state index in [0.29, 0.717) is 16.5 Å². The van der Waals surface area contributed by atoms with Crippen molar-refractivity contribution in [2.75, 3.05) is 26.8 Å². The number of halogens is 1. The van der Waals surface area contributed by atoms with E-state index in [2.05, 4.69) is 17.1 Å². The van der Waals surface area contributed by atoms with Gasteiger partial charge in [0.05, 0.1) is 0 Å². The highest BCUT2D eigenvalue weighted by atomic mass is 35.5. The topological polar surface area (TPSA) is 71.1 Å². The van der Waals surface area contributed by atoms with Gasteiger partial charge in [0, 0.05) is 36.9 Å². The van der Waals surface area contributed by atoms with Gasteiger partial charge in [0.1, 0.15) is 0 Å². The fraction of sp³-hybridized carbons (Fsp3) is 0.533. The van der Waals surface area contributed by atoms with Crippen LogP contribution in [0.25, 0.3) is 0 Å². The van der Waals surface area contributed by atoms with E-state index in [0.717, 1.165) is 44.7 Å². The van der Waals surface area contributed by atoms with Crippen LogP contribution in [0, 0.1) is 5.92 Å². The Kier molecular flexibility index (Phi) is 5.85. The maximum absolute atomic E-state index is 8.68. The first-order valence-electron chi connectivity index (χ1n) is 7.12.